The van der Waals surface area contributed by atoms with Crippen molar-refractivity contribution < 1.29 is 0 Å². The molecule has 2 nitrogen and oxygen atoms in total. The van der Waals surface area contributed by atoms with Crippen LogP contribution in [0, 0.1) is 6.92 Å². The fraction of sp³-hybridized carbons (Fsp3) is 0.267. The van der Waals surface area contributed by atoms with Crippen molar-refractivity contribution in [1.29, 1.82) is 0 Å². The Hall–Kier alpha value is -1.35. The molecule has 3 heteroatoms. The van der Waals surface area contributed by atoms with Gasteiger partial charge in [-0.3, -0.25) is 4.79 Å². The van der Waals surface area contributed by atoms with Crippen LogP contribution in [-0.4, -0.2) is 4.57 Å². The third-order valence-electron chi connectivity index (χ3n) is 3.02. The van der Waals surface area contributed by atoms with Crippen molar-refractivity contribution in [1.82, 2.24) is 4.57 Å². The summed E-state index contributed by atoms with van der Waals surface area (Å²) in [4.78, 5) is 12.0. The molecule has 0 aliphatic rings. The van der Waals surface area contributed by atoms with Crippen molar-refractivity contribution in [2.75, 3.05) is 0 Å². The van der Waals surface area contributed by atoms with Crippen LogP contribution in [0.15, 0.2) is 45.8 Å². The summed E-state index contributed by atoms with van der Waals surface area (Å²) in [5.41, 5.74) is 3.29. The fourth-order valence-corrected chi connectivity index (χ4v) is 2.52. The van der Waals surface area contributed by atoms with Gasteiger partial charge in [0.2, 0.25) is 0 Å². The van der Waals surface area contributed by atoms with E-state index in [1.165, 1.54) is 5.56 Å². The Morgan fingerprint density at radius 3 is 2.39 bits per heavy atom. The molecule has 2 aromatic rings. The monoisotopic (exact) mass is 305 g/mol. The highest BCUT2D eigenvalue weighted by molar-refractivity contribution is 9.10. The average Bonchev–Trinajstić information content (AvgIpc) is 2.36. The zero-order valence-corrected chi connectivity index (χ0v) is 12.2. The summed E-state index contributed by atoms with van der Waals surface area (Å²) in [6.45, 7) is 4.59. The lowest BCUT2D eigenvalue weighted by Gasteiger charge is -2.08. The van der Waals surface area contributed by atoms with Gasteiger partial charge in [0.15, 0.2) is 0 Å². The quantitative estimate of drug-likeness (QED) is 0.850. The van der Waals surface area contributed by atoms with Gasteiger partial charge in [0.25, 0.3) is 5.56 Å². The molecule has 0 N–H and O–H groups in total. The van der Waals surface area contributed by atoms with Gasteiger partial charge >= 0.3 is 0 Å². The van der Waals surface area contributed by atoms with Crippen molar-refractivity contribution in [2.45, 2.75) is 26.8 Å². The summed E-state index contributed by atoms with van der Waals surface area (Å²) >= 11 is 3.42. The predicted molar refractivity (Wildman–Crippen MR) is 78.1 cm³/mol. The maximum atomic E-state index is 12.0. The van der Waals surface area contributed by atoms with Crippen LogP contribution < -0.4 is 5.56 Å². The van der Waals surface area contributed by atoms with Crippen LogP contribution in [-0.2, 0) is 13.0 Å². The number of benzene rings is 1. The predicted octanol–water partition coefficient (Wildman–Crippen LogP) is 3.53. The highest BCUT2D eigenvalue weighted by Gasteiger charge is 2.03. The molecule has 18 heavy (non-hydrogen) atoms. The van der Waals surface area contributed by atoms with Crippen LogP contribution in [0.1, 0.15) is 23.6 Å². The van der Waals surface area contributed by atoms with Gasteiger partial charge in [0, 0.05) is 16.2 Å². The van der Waals surface area contributed by atoms with E-state index in [9.17, 15) is 4.79 Å². The minimum absolute atomic E-state index is 0.0674. The first-order valence-electron chi connectivity index (χ1n) is 6.04. The number of aryl methyl sites for hydroxylation is 2. The molecule has 0 amide bonds. The molecule has 0 bridgehead atoms. The zero-order chi connectivity index (χ0) is 13.1. The molecule has 0 aliphatic heterocycles. The van der Waals surface area contributed by atoms with Crippen LogP contribution in [0.3, 0.4) is 0 Å². The van der Waals surface area contributed by atoms with Crippen molar-refractivity contribution in [3.05, 3.63) is 68.0 Å². The molecule has 1 aromatic heterocycles. The Bertz CT molecular complexity index is 599. The first-order valence-corrected chi connectivity index (χ1v) is 6.84. The highest BCUT2D eigenvalue weighted by Crippen LogP contribution is 2.10. The number of pyridine rings is 1. The van der Waals surface area contributed by atoms with Crippen LogP contribution in [0.25, 0.3) is 0 Å². The molecule has 0 spiro atoms. The first kappa shape index (κ1) is 13.1. The number of rotatable bonds is 3. The van der Waals surface area contributed by atoms with E-state index < -0.39 is 0 Å². The molecule has 1 heterocycles. The van der Waals surface area contributed by atoms with E-state index in [4.69, 9.17) is 0 Å². The number of halogens is 1. The Labute approximate surface area is 115 Å². The molecule has 0 saturated heterocycles. The zero-order valence-electron chi connectivity index (χ0n) is 10.6. The van der Waals surface area contributed by atoms with Gasteiger partial charge in [0.1, 0.15) is 0 Å². The Kier molecular flexibility index (Phi) is 4.02. The van der Waals surface area contributed by atoms with E-state index in [1.54, 1.807) is 4.57 Å². The summed E-state index contributed by atoms with van der Waals surface area (Å²) in [7, 11) is 0. The maximum absolute atomic E-state index is 12.0. The second-order valence-corrected chi connectivity index (χ2v) is 5.36. The second-order valence-electron chi connectivity index (χ2n) is 4.44. The van der Waals surface area contributed by atoms with Gasteiger partial charge in [-0.1, -0.05) is 31.2 Å². The molecule has 0 unspecified atom stereocenters. The third kappa shape index (κ3) is 2.91. The number of aromatic nitrogens is 1. The van der Waals surface area contributed by atoms with Gasteiger partial charge in [-0.15, -0.1) is 0 Å². The molecule has 0 radical (unpaired) electrons. The second kappa shape index (κ2) is 5.53. The van der Waals surface area contributed by atoms with Gasteiger partial charge < -0.3 is 4.57 Å². The van der Waals surface area contributed by atoms with Crippen LogP contribution in [0.4, 0.5) is 0 Å². The molecular formula is C15H16BrNO. The Morgan fingerprint density at radius 2 is 1.78 bits per heavy atom. The van der Waals surface area contributed by atoms with Gasteiger partial charge in [-0.25, -0.2) is 0 Å². The largest absolute Gasteiger partial charge is 0.310 e. The molecule has 0 aliphatic carbocycles. The summed E-state index contributed by atoms with van der Waals surface area (Å²) in [6.07, 6.45) is 2.87. The minimum Gasteiger partial charge on any atom is -0.310 e. The lowest BCUT2D eigenvalue weighted by Crippen LogP contribution is -2.22. The molecule has 94 valence electrons. The lowest BCUT2D eigenvalue weighted by atomic mass is 10.1. The number of nitrogens with zero attached hydrogens (tertiary/aromatic N) is 1. The van der Waals surface area contributed by atoms with E-state index in [0.29, 0.717) is 6.54 Å². The fourth-order valence-electron chi connectivity index (χ4n) is 1.93. The molecule has 2 rings (SSSR count). The minimum atomic E-state index is 0.0674. The summed E-state index contributed by atoms with van der Waals surface area (Å²) in [5.74, 6) is 0. The van der Waals surface area contributed by atoms with E-state index >= 15 is 0 Å². The van der Waals surface area contributed by atoms with Gasteiger partial charge in [-0.05, 0) is 46.5 Å². The SMILES string of the molecule is CCc1ccc(Cn2cc(Br)cc(C)c2=O)cc1. The van der Waals surface area contributed by atoms with Gasteiger partial charge in [-0.2, -0.15) is 0 Å². The Morgan fingerprint density at radius 1 is 1.17 bits per heavy atom. The van der Waals surface area contributed by atoms with Crippen molar-refractivity contribution >= 4 is 15.9 Å². The molecule has 1 aromatic carbocycles. The first-order chi connectivity index (χ1) is 8.60. The highest BCUT2D eigenvalue weighted by atomic mass is 79.9. The van der Waals surface area contributed by atoms with Crippen LogP contribution in [0.5, 0.6) is 0 Å². The standard InChI is InChI=1S/C15H16BrNO/c1-3-12-4-6-13(7-5-12)9-17-10-14(16)8-11(2)15(17)18/h4-8,10H,3,9H2,1-2H3. The smallest absolute Gasteiger partial charge is 0.253 e. The summed E-state index contributed by atoms with van der Waals surface area (Å²) in [5, 5.41) is 0. The van der Waals surface area contributed by atoms with Crippen LogP contribution in [0.2, 0.25) is 0 Å². The summed E-state index contributed by atoms with van der Waals surface area (Å²) < 4.78 is 2.67. The molecule has 0 atom stereocenters. The van der Waals surface area contributed by atoms with Crippen LogP contribution >= 0.6 is 15.9 Å². The molecular weight excluding hydrogens is 290 g/mol. The third-order valence-corrected chi connectivity index (χ3v) is 3.45. The van der Waals surface area contributed by atoms with E-state index in [-0.39, 0.29) is 5.56 Å². The lowest BCUT2D eigenvalue weighted by molar-refractivity contribution is 0.749. The molecule has 0 fully saturated rings. The topological polar surface area (TPSA) is 22.0 Å². The maximum Gasteiger partial charge on any atom is 0.253 e. The number of hydrogen-bond acceptors (Lipinski definition) is 1. The van der Waals surface area contributed by atoms with Crippen molar-refractivity contribution in [3.8, 4) is 0 Å². The van der Waals surface area contributed by atoms with Gasteiger partial charge in [0.05, 0.1) is 6.54 Å². The van der Waals surface area contributed by atoms with Crippen molar-refractivity contribution in [3.63, 3.8) is 0 Å². The summed E-state index contributed by atoms with van der Waals surface area (Å²) in [6, 6.07) is 10.2. The molecule has 0 saturated carbocycles. The van der Waals surface area contributed by atoms with E-state index in [1.807, 2.05) is 19.2 Å². The Balaban J connectivity index is 2.31. The number of hydrogen-bond donors (Lipinski definition) is 0. The van der Waals surface area contributed by atoms with E-state index in [2.05, 4.69) is 47.1 Å². The van der Waals surface area contributed by atoms with Crippen molar-refractivity contribution in [2.24, 2.45) is 0 Å². The van der Waals surface area contributed by atoms with E-state index in [0.717, 1.165) is 22.0 Å². The normalized spacial score (nSPS) is 10.6. The average molecular weight is 306 g/mol.